The summed E-state index contributed by atoms with van der Waals surface area (Å²) in [6, 6.07) is 75.0. The van der Waals surface area contributed by atoms with E-state index in [0.717, 1.165) is 12.8 Å². The van der Waals surface area contributed by atoms with E-state index in [1.807, 2.05) is 11.3 Å². The number of aryl methyl sites for hydroxylation is 1. The predicted molar refractivity (Wildman–Crippen MR) is 266 cm³/mol. The van der Waals surface area contributed by atoms with E-state index in [0.29, 0.717) is 0 Å². The number of allylic oxidation sites excluding steroid dienone is 1. The van der Waals surface area contributed by atoms with Gasteiger partial charge in [-0.05, 0) is 147 Å². The van der Waals surface area contributed by atoms with Gasteiger partial charge in [0.2, 0.25) is 0 Å². The number of fused-ring (bicyclic) bond motifs is 9. The highest BCUT2D eigenvalue weighted by atomic mass is 32.1. The fraction of sp³-hybridized carbons (Fsp3) is 0.0333. The van der Waals surface area contributed by atoms with E-state index < -0.39 is 0 Å². The average Bonchev–Trinajstić information content (AvgIpc) is 3.70. The van der Waals surface area contributed by atoms with Crippen LogP contribution in [-0.2, 0) is 6.42 Å². The molecule has 0 atom stereocenters. The number of hydrogen-bond acceptors (Lipinski definition) is 1. The Morgan fingerprint density at radius 3 is 1.51 bits per heavy atom. The molecule has 0 bridgehead atoms. The van der Waals surface area contributed by atoms with Gasteiger partial charge in [-0.1, -0.05) is 182 Å². The monoisotopic (exact) mass is 790 g/mol. The molecule has 1 heteroatoms. The van der Waals surface area contributed by atoms with Crippen LogP contribution in [0.4, 0.5) is 0 Å². The Hall–Kier alpha value is -7.32. The number of hydrogen-bond donors (Lipinski definition) is 0. The molecule has 1 aromatic heterocycles. The van der Waals surface area contributed by atoms with Gasteiger partial charge in [0, 0.05) is 20.2 Å². The maximum absolute atomic E-state index is 2.49. The van der Waals surface area contributed by atoms with Crippen LogP contribution in [0.15, 0.2) is 200 Å². The van der Waals surface area contributed by atoms with E-state index >= 15 is 0 Å². The first-order valence-electron chi connectivity index (χ1n) is 21.4. The highest BCUT2D eigenvalue weighted by molar-refractivity contribution is 7.26. The number of rotatable bonds is 4. The summed E-state index contributed by atoms with van der Waals surface area (Å²) in [5, 5.41) is 15.5. The molecule has 1 heterocycles. The highest BCUT2D eigenvalue weighted by Gasteiger charge is 2.23. The van der Waals surface area contributed by atoms with Gasteiger partial charge in [-0.2, -0.15) is 0 Å². The van der Waals surface area contributed by atoms with E-state index in [4.69, 9.17) is 0 Å². The van der Waals surface area contributed by atoms with Crippen molar-refractivity contribution in [3.8, 4) is 33.4 Å². The van der Waals surface area contributed by atoms with E-state index in [-0.39, 0.29) is 0 Å². The molecule has 0 aliphatic heterocycles. The second-order valence-corrected chi connectivity index (χ2v) is 17.7. The summed E-state index contributed by atoms with van der Waals surface area (Å²) in [5.74, 6) is 0. The van der Waals surface area contributed by atoms with Crippen LogP contribution in [0, 0.1) is 0 Å². The largest absolute Gasteiger partial charge is 0.135 e. The van der Waals surface area contributed by atoms with Crippen molar-refractivity contribution in [2.45, 2.75) is 12.8 Å². The zero-order valence-corrected chi connectivity index (χ0v) is 34.3. The molecule has 284 valence electrons. The zero-order valence-electron chi connectivity index (χ0n) is 33.5. The SMILES string of the molecule is C1=C(c2c3ccccc3c(-c3cccc4sc5ccc(-c6c7ccccc7c(-c7ccc8ccccc8c7)c7ccccc67)cc5c34)c3ccccc23)CCc2ccccc21. The minimum Gasteiger partial charge on any atom is -0.135 e. The summed E-state index contributed by atoms with van der Waals surface area (Å²) in [7, 11) is 0. The van der Waals surface area contributed by atoms with Crippen molar-refractivity contribution < 1.29 is 0 Å². The first-order valence-corrected chi connectivity index (χ1v) is 22.2. The van der Waals surface area contributed by atoms with Crippen molar-refractivity contribution in [3.05, 3.63) is 217 Å². The molecule has 0 saturated carbocycles. The Balaban J connectivity index is 1.07. The zero-order chi connectivity index (χ0) is 40.0. The fourth-order valence-corrected chi connectivity index (χ4v) is 11.8. The van der Waals surface area contributed by atoms with Gasteiger partial charge < -0.3 is 0 Å². The molecular formula is C60H38S. The maximum atomic E-state index is 2.49. The molecule has 11 aromatic carbocycles. The van der Waals surface area contributed by atoms with Crippen molar-refractivity contribution in [3.63, 3.8) is 0 Å². The lowest BCUT2D eigenvalue weighted by molar-refractivity contribution is 1.00. The third-order valence-electron chi connectivity index (χ3n) is 13.3. The molecule has 0 radical (unpaired) electrons. The lowest BCUT2D eigenvalue weighted by atomic mass is 9.81. The molecule has 13 rings (SSSR count). The molecule has 0 saturated heterocycles. The topological polar surface area (TPSA) is 0 Å². The Morgan fingerprint density at radius 1 is 0.328 bits per heavy atom. The molecular weight excluding hydrogens is 753 g/mol. The molecule has 1 aliphatic rings. The Bertz CT molecular complexity index is 3710. The Labute approximate surface area is 358 Å². The van der Waals surface area contributed by atoms with Crippen LogP contribution in [0.2, 0.25) is 0 Å². The van der Waals surface area contributed by atoms with Crippen LogP contribution in [0.3, 0.4) is 0 Å². The lowest BCUT2D eigenvalue weighted by Gasteiger charge is -2.22. The van der Waals surface area contributed by atoms with Crippen molar-refractivity contribution in [2.75, 3.05) is 0 Å². The van der Waals surface area contributed by atoms with Gasteiger partial charge in [0.05, 0.1) is 0 Å². The molecule has 0 nitrogen and oxygen atoms in total. The summed E-state index contributed by atoms with van der Waals surface area (Å²) < 4.78 is 2.62. The van der Waals surface area contributed by atoms with Gasteiger partial charge in [-0.25, -0.2) is 0 Å². The molecule has 61 heavy (non-hydrogen) atoms. The van der Waals surface area contributed by atoms with Crippen LogP contribution in [0.25, 0.3) is 119 Å². The highest BCUT2D eigenvalue weighted by Crippen LogP contribution is 2.50. The Morgan fingerprint density at radius 2 is 0.852 bits per heavy atom. The first-order chi connectivity index (χ1) is 30.3. The third kappa shape index (κ3) is 5.31. The van der Waals surface area contributed by atoms with E-state index in [2.05, 4.69) is 206 Å². The molecule has 0 N–H and O–H groups in total. The van der Waals surface area contributed by atoms with Crippen LogP contribution in [-0.4, -0.2) is 0 Å². The second-order valence-electron chi connectivity index (χ2n) is 16.6. The lowest BCUT2D eigenvalue weighted by Crippen LogP contribution is -2.01. The summed E-state index contributed by atoms with van der Waals surface area (Å²) in [6.45, 7) is 0. The van der Waals surface area contributed by atoms with Crippen molar-refractivity contribution in [1.29, 1.82) is 0 Å². The summed E-state index contributed by atoms with van der Waals surface area (Å²) in [5.41, 5.74) is 13.3. The van der Waals surface area contributed by atoms with E-state index in [9.17, 15) is 0 Å². The third-order valence-corrected chi connectivity index (χ3v) is 14.5. The molecule has 12 aromatic rings. The van der Waals surface area contributed by atoms with E-state index in [1.54, 1.807) is 0 Å². The Kier molecular flexibility index (Phi) is 7.70. The molecule has 0 unspecified atom stereocenters. The van der Waals surface area contributed by atoms with Crippen molar-refractivity contribution >= 4 is 97.0 Å². The van der Waals surface area contributed by atoms with Gasteiger partial charge in [-0.3, -0.25) is 0 Å². The van der Waals surface area contributed by atoms with Crippen molar-refractivity contribution in [2.24, 2.45) is 0 Å². The average molecular weight is 791 g/mol. The minimum absolute atomic E-state index is 1.03. The van der Waals surface area contributed by atoms with Gasteiger partial charge >= 0.3 is 0 Å². The molecule has 1 aliphatic carbocycles. The van der Waals surface area contributed by atoms with Crippen LogP contribution < -0.4 is 0 Å². The normalized spacial score (nSPS) is 12.9. The van der Waals surface area contributed by atoms with Gasteiger partial charge in [0.15, 0.2) is 0 Å². The molecule has 0 amide bonds. The molecule has 0 fully saturated rings. The number of thiophene rings is 1. The second kappa shape index (κ2) is 13.6. The van der Waals surface area contributed by atoms with Crippen LogP contribution in [0.5, 0.6) is 0 Å². The smallest absolute Gasteiger partial charge is 0.0361 e. The minimum atomic E-state index is 1.03. The van der Waals surface area contributed by atoms with Crippen molar-refractivity contribution in [1.82, 2.24) is 0 Å². The number of benzene rings is 11. The van der Waals surface area contributed by atoms with Crippen LogP contribution in [0.1, 0.15) is 23.1 Å². The van der Waals surface area contributed by atoms with E-state index in [1.165, 1.54) is 130 Å². The van der Waals surface area contributed by atoms with Gasteiger partial charge in [0.1, 0.15) is 0 Å². The summed E-state index contributed by atoms with van der Waals surface area (Å²) in [6.07, 6.45) is 4.54. The predicted octanol–water partition coefficient (Wildman–Crippen LogP) is 17.3. The fourth-order valence-electron chi connectivity index (χ4n) is 10.7. The maximum Gasteiger partial charge on any atom is 0.0361 e. The quantitative estimate of drug-likeness (QED) is 0.156. The first kappa shape index (κ1) is 34.5. The molecule has 0 spiro atoms. The summed E-state index contributed by atoms with van der Waals surface area (Å²) >= 11 is 1.90. The van der Waals surface area contributed by atoms with Gasteiger partial charge in [-0.15, -0.1) is 11.3 Å². The summed E-state index contributed by atoms with van der Waals surface area (Å²) in [4.78, 5) is 0. The van der Waals surface area contributed by atoms with Gasteiger partial charge in [0.25, 0.3) is 0 Å². The standard InChI is InChI=1S/C60H38S/c1-3-16-39-34-41(30-28-37(39)14-1)56-44-18-5-7-20-46(44)58(47-21-8-6-19-45(47)56)43-32-33-54-53(36-43)60-52(26-13-27-55(60)61-54)59-50-24-11-9-22-48(50)57(49-23-10-12-25-51(49)59)42-31-29-38-15-2-4-17-40(38)35-42/h1-28,30,32-36H,29,31H2. The van der Waals surface area contributed by atoms with Crippen LogP contribution >= 0.6 is 11.3 Å².